The van der Waals surface area contributed by atoms with Crippen LogP contribution in [0.15, 0.2) is 78.9 Å². The molecule has 3 aromatic carbocycles. The van der Waals surface area contributed by atoms with E-state index in [1.807, 2.05) is 78.9 Å². The van der Waals surface area contributed by atoms with Crippen LogP contribution in [0.1, 0.15) is 29.0 Å². The number of imidazole rings is 1. The Morgan fingerprint density at radius 1 is 0.935 bits per heavy atom. The SMILES string of the molecule is O=C1CC(CCc2nc3ccccc3[nH]2)N(C(=O)c2ccc(-c3ccccc3)cc2)C1. The van der Waals surface area contributed by atoms with Gasteiger partial charge in [-0.15, -0.1) is 0 Å². The van der Waals surface area contributed by atoms with E-state index in [0.717, 1.165) is 28.0 Å². The molecule has 0 aliphatic carbocycles. The van der Waals surface area contributed by atoms with Crippen LogP contribution in [0, 0.1) is 0 Å². The predicted molar refractivity (Wildman–Crippen MR) is 121 cm³/mol. The van der Waals surface area contributed by atoms with Crippen LogP contribution in [0.2, 0.25) is 0 Å². The molecule has 0 saturated carbocycles. The molecule has 1 saturated heterocycles. The Morgan fingerprint density at radius 3 is 2.42 bits per heavy atom. The van der Waals surface area contributed by atoms with E-state index in [2.05, 4.69) is 9.97 Å². The number of para-hydroxylation sites is 2. The number of ketones is 1. The van der Waals surface area contributed by atoms with Crippen LogP contribution >= 0.6 is 0 Å². The summed E-state index contributed by atoms with van der Waals surface area (Å²) in [6.07, 6.45) is 1.82. The van der Waals surface area contributed by atoms with Gasteiger partial charge < -0.3 is 9.88 Å². The highest BCUT2D eigenvalue weighted by molar-refractivity contribution is 5.99. The van der Waals surface area contributed by atoms with Crippen molar-refractivity contribution >= 4 is 22.7 Å². The van der Waals surface area contributed by atoms with E-state index in [-0.39, 0.29) is 24.3 Å². The van der Waals surface area contributed by atoms with Gasteiger partial charge in [-0.05, 0) is 41.8 Å². The molecule has 1 aliphatic heterocycles. The van der Waals surface area contributed by atoms with Crippen molar-refractivity contribution in [3.63, 3.8) is 0 Å². The molecule has 5 heteroatoms. The van der Waals surface area contributed by atoms with E-state index in [0.29, 0.717) is 24.8 Å². The number of Topliss-reactive ketones (excluding diaryl/α,β-unsaturated/α-hetero) is 1. The van der Waals surface area contributed by atoms with Crippen molar-refractivity contribution in [1.29, 1.82) is 0 Å². The molecule has 5 rings (SSSR count). The molecule has 0 spiro atoms. The summed E-state index contributed by atoms with van der Waals surface area (Å²) in [5, 5.41) is 0. The number of aromatic nitrogens is 2. The third-order valence-electron chi connectivity index (χ3n) is 5.90. The second-order valence-corrected chi connectivity index (χ2v) is 8.01. The normalized spacial score (nSPS) is 16.2. The fourth-order valence-electron chi connectivity index (χ4n) is 4.28. The molecule has 1 fully saturated rings. The topological polar surface area (TPSA) is 66.1 Å². The summed E-state index contributed by atoms with van der Waals surface area (Å²) in [5.41, 5.74) is 4.73. The van der Waals surface area contributed by atoms with E-state index in [9.17, 15) is 9.59 Å². The molecule has 1 N–H and O–H groups in total. The first kappa shape index (κ1) is 19.2. The number of nitrogens with zero attached hydrogens (tertiary/aromatic N) is 2. The number of nitrogens with one attached hydrogen (secondary N) is 1. The second kappa shape index (κ2) is 8.19. The van der Waals surface area contributed by atoms with Gasteiger partial charge in [0.15, 0.2) is 5.78 Å². The third kappa shape index (κ3) is 3.99. The van der Waals surface area contributed by atoms with Gasteiger partial charge in [0.05, 0.1) is 17.6 Å². The quantitative estimate of drug-likeness (QED) is 0.522. The predicted octanol–water partition coefficient (Wildman–Crippen LogP) is 4.65. The van der Waals surface area contributed by atoms with Gasteiger partial charge in [0.25, 0.3) is 5.91 Å². The van der Waals surface area contributed by atoms with Crippen molar-refractivity contribution in [2.75, 3.05) is 6.54 Å². The highest BCUT2D eigenvalue weighted by Gasteiger charge is 2.34. The van der Waals surface area contributed by atoms with Gasteiger partial charge in [-0.2, -0.15) is 0 Å². The Bertz CT molecular complexity index is 1200. The molecular weight excluding hydrogens is 386 g/mol. The zero-order valence-corrected chi connectivity index (χ0v) is 17.1. The number of fused-ring (bicyclic) bond motifs is 1. The number of H-pyrrole nitrogens is 1. The molecule has 1 aromatic heterocycles. The van der Waals surface area contributed by atoms with Crippen molar-refractivity contribution in [1.82, 2.24) is 14.9 Å². The number of rotatable bonds is 5. The van der Waals surface area contributed by atoms with E-state index in [4.69, 9.17) is 0 Å². The first-order valence-electron chi connectivity index (χ1n) is 10.6. The molecule has 1 amide bonds. The molecule has 5 nitrogen and oxygen atoms in total. The summed E-state index contributed by atoms with van der Waals surface area (Å²) in [7, 11) is 0. The fraction of sp³-hybridized carbons (Fsp3) is 0.192. The monoisotopic (exact) mass is 409 g/mol. The van der Waals surface area contributed by atoms with Gasteiger partial charge in [0, 0.05) is 24.4 Å². The lowest BCUT2D eigenvalue weighted by atomic mass is 10.0. The molecule has 154 valence electrons. The van der Waals surface area contributed by atoms with Gasteiger partial charge in [-0.25, -0.2) is 4.98 Å². The minimum Gasteiger partial charge on any atom is -0.342 e. The van der Waals surface area contributed by atoms with Crippen LogP contribution < -0.4 is 0 Å². The number of carbonyl (C=O) groups excluding carboxylic acids is 2. The maximum atomic E-state index is 13.2. The van der Waals surface area contributed by atoms with E-state index in [1.54, 1.807) is 4.90 Å². The highest BCUT2D eigenvalue weighted by atomic mass is 16.2. The molecule has 1 atom stereocenters. The van der Waals surface area contributed by atoms with Crippen molar-refractivity contribution < 1.29 is 9.59 Å². The maximum Gasteiger partial charge on any atom is 0.254 e. The molecule has 1 aliphatic rings. The average Bonchev–Trinajstić information content (AvgIpc) is 3.40. The number of hydrogen-bond acceptors (Lipinski definition) is 3. The number of likely N-dealkylation sites (tertiary alicyclic amines) is 1. The van der Waals surface area contributed by atoms with Crippen LogP contribution in [0.3, 0.4) is 0 Å². The molecule has 4 aromatic rings. The van der Waals surface area contributed by atoms with Crippen LogP contribution in [-0.2, 0) is 11.2 Å². The van der Waals surface area contributed by atoms with Crippen molar-refractivity contribution in [2.45, 2.75) is 25.3 Å². The summed E-state index contributed by atoms with van der Waals surface area (Å²) in [4.78, 5) is 35.0. The van der Waals surface area contributed by atoms with Crippen molar-refractivity contribution in [3.8, 4) is 11.1 Å². The Balaban J connectivity index is 1.29. The fourth-order valence-corrected chi connectivity index (χ4v) is 4.28. The minimum absolute atomic E-state index is 0.0833. The lowest BCUT2D eigenvalue weighted by molar-refractivity contribution is -0.116. The lowest BCUT2D eigenvalue weighted by Crippen LogP contribution is -2.36. The van der Waals surface area contributed by atoms with Crippen molar-refractivity contribution in [3.05, 3.63) is 90.3 Å². The first-order valence-corrected chi connectivity index (χ1v) is 10.6. The number of aromatic amines is 1. The highest BCUT2D eigenvalue weighted by Crippen LogP contribution is 2.24. The molecule has 1 unspecified atom stereocenters. The van der Waals surface area contributed by atoms with E-state index < -0.39 is 0 Å². The van der Waals surface area contributed by atoms with Gasteiger partial charge in [-0.1, -0.05) is 54.6 Å². The number of aryl methyl sites for hydroxylation is 1. The standard InChI is InChI=1S/C26H23N3O2/c30-22-16-21(14-15-25-27-23-8-4-5-9-24(23)28-25)29(17-22)26(31)20-12-10-19(11-13-20)18-6-2-1-3-7-18/h1-13,21H,14-17H2,(H,27,28). The summed E-state index contributed by atoms with van der Waals surface area (Å²) >= 11 is 0. The van der Waals surface area contributed by atoms with Gasteiger partial charge in [-0.3, -0.25) is 9.59 Å². The number of hydrogen-bond donors (Lipinski definition) is 1. The molecule has 2 heterocycles. The summed E-state index contributed by atoms with van der Waals surface area (Å²) in [5.74, 6) is 0.920. The second-order valence-electron chi connectivity index (χ2n) is 8.01. The Labute approximate surface area is 180 Å². The molecule has 31 heavy (non-hydrogen) atoms. The zero-order valence-electron chi connectivity index (χ0n) is 17.1. The smallest absolute Gasteiger partial charge is 0.254 e. The van der Waals surface area contributed by atoms with Crippen LogP contribution in [-0.4, -0.2) is 39.1 Å². The van der Waals surface area contributed by atoms with Gasteiger partial charge in [0.2, 0.25) is 0 Å². The van der Waals surface area contributed by atoms with E-state index >= 15 is 0 Å². The molecule has 0 radical (unpaired) electrons. The Kier molecular flexibility index (Phi) is 5.08. The van der Waals surface area contributed by atoms with Crippen molar-refractivity contribution in [2.24, 2.45) is 0 Å². The van der Waals surface area contributed by atoms with Gasteiger partial charge in [0.1, 0.15) is 5.82 Å². The summed E-state index contributed by atoms with van der Waals surface area (Å²) in [6.45, 7) is 0.185. The summed E-state index contributed by atoms with van der Waals surface area (Å²) in [6, 6.07) is 25.5. The molecular formula is C26H23N3O2. The number of benzene rings is 3. The minimum atomic E-state index is -0.0954. The van der Waals surface area contributed by atoms with Crippen LogP contribution in [0.25, 0.3) is 22.2 Å². The Hall–Kier alpha value is -3.73. The largest absolute Gasteiger partial charge is 0.342 e. The van der Waals surface area contributed by atoms with Crippen LogP contribution in [0.4, 0.5) is 0 Å². The van der Waals surface area contributed by atoms with Crippen LogP contribution in [0.5, 0.6) is 0 Å². The number of amides is 1. The zero-order chi connectivity index (χ0) is 21.2. The molecule has 0 bridgehead atoms. The Morgan fingerprint density at radius 2 is 1.65 bits per heavy atom. The summed E-state index contributed by atoms with van der Waals surface area (Å²) < 4.78 is 0. The average molecular weight is 409 g/mol. The third-order valence-corrected chi connectivity index (χ3v) is 5.90. The van der Waals surface area contributed by atoms with Gasteiger partial charge >= 0.3 is 0 Å². The lowest BCUT2D eigenvalue weighted by Gasteiger charge is -2.23. The first-order chi connectivity index (χ1) is 15.2. The number of carbonyl (C=O) groups is 2. The maximum absolute atomic E-state index is 13.2. The van der Waals surface area contributed by atoms with E-state index in [1.165, 1.54) is 0 Å².